The molecule has 4 heterocycles. The fourth-order valence-corrected chi connectivity index (χ4v) is 3.71. The van der Waals surface area contributed by atoms with Gasteiger partial charge >= 0.3 is 6.18 Å². The van der Waals surface area contributed by atoms with E-state index in [9.17, 15) is 13.2 Å². The van der Waals surface area contributed by atoms with Crippen molar-refractivity contribution in [1.29, 1.82) is 0 Å². The van der Waals surface area contributed by atoms with Crippen molar-refractivity contribution in [3.8, 4) is 11.4 Å². The maximum Gasteiger partial charge on any atom is 0.405 e. The third-order valence-corrected chi connectivity index (χ3v) is 5.34. The third kappa shape index (κ3) is 4.98. The number of anilines is 1. The fourth-order valence-electron chi connectivity index (χ4n) is 3.71. The first-order valence-electron chi connectivity index (χ1n) is 10.6. The summed E-state index contributed by atoms with van der Waals surface area (Å²) in [7, 11) is 1.69. The summed E-state index contributed by atoms with van der Waals surface area (Å²) in [6, 6.07) is 5.62. The maximum absolute atomic E-state index is 13.2. The van der Waals surface area contributed by atoms with Gasteiger partial charge in [-0.1, -0.05) is 6.07 Å². The number of pyridine rings is 2. The van der Waals surface area contributed by atoms with E-state index in [0.717, 1.165) is 23.0 Å². The van der Waals surface area contributed by atoms with Crippen molar-refractivity contribution in [2.45, 2.75) is 19.1 Å². The zero-order chi connectivity index (χ0) is 23.4. The van der Waals surface area contributed by atoms with Crippen molar-refractivity contribution in [2.75, 3.05) is 38.1 Å². The van der Waals surface area contributed by atoms with Crippen LogP contribution in [0.4, 0.5) is 19.0 Å². The number of rotatable bonds is 6. The number of halogens is 3. The molecule has 33 heavy (non-hydrogen) atoms. The van der Waals surface area contributed by atoms with Gasteiger partial charge in [0, 0.05) is 56.6 Å². The third-order valence-electron chi connectivity index (χ3n) is 5.34. The number of H-pyrrole nitrogens is 1. The molecule has 0 aliphatic carbocycles. The highest BCUT2D eigenvalue weighted by Crippen LogP contribution is 2.29. The van der Waals surface area contributed by atoms with Gasteiger partial charge in [-0.2, -0.15) is 18.3 Å². The number of fused-ring (bicyclic) bond motifs is 1. The highest BCUT2D eigenvalue weighted by atomic mass is 19.4. The summed E-state index contributed by atoms with van der Waals surface area (Å²) < 4.78 is 39.6. The summed E-state index contributed by atoms with van der Waals surface area (Å²) in [5.74, 6) is 0.486. The molecule has 1 saturated heterocycles. The minimum atomic E-state index is -4.31. The summed E-state index contributed by atoms with van der Waals surface area (Å²) in [5, 5.41) is 13.9. The van der Waals surface area contributed by atoms with E-state index in [2.05, 4.69) is 35.8 Å². The normalized spacial score (nSPS) is 17.8. The second kappa shape index (κ2) is 9.57. The number of allylic oxidation sites excluding steroid dienone is 1. The number of alkyl halides is 3. The van der Waals surface area contributed by atoms with Crippen LogP contribution in [-0.4, -0.2) is 71.8 Å². The number of aromatic nitrogens is 4. The Balaban J connectivity index is 1.68. The van der Waals surface area contributed by atoms with Gasteiger partial charge in [0.25, 0.3) is 0 Å². The second-order valence-corrected chi connectivity index (χ2v) is 7.61. The Morgan fingerprint density at radius 3 is 2.97 bits per heavy atom. The highest BCUT2D eigenvalue weighted by Gasteiger charge is 2.42. The summed E-state index contributed by atoms with van der Waals surface area (Å²) in [6.45, 7) is 3.24. The van der Waals surface area contributed by atoms with Crippen molar-refractivity contribution < 1.29 is 13.2 Å². The molecule has 3 aromatic rings. The smallest absolute Gasteiger partial charge is 0.391 e. The van der Waals surface area contributed by atoms with Gasteiger partial charge in [-0.05, 0) is 25.1 Å². The predicted molar refractivity (Wildman–Crippen MR) is 123 cm³/mol. The van der Waals surface area contributed by atoms with Gasteiger partial charge in [0.15, 0.2) is 0 Å². The van der Waals surface area contributed by atoms with Crippen LogP contribution in [0.15, 0.2) is 41.7 Å². The van der Waals surface area contributed by atoms with Crippen LogP contribution in [0.5, 0.6) is 0 Å². The van der Waals surface area contributed by atoms with Crippen molar-refractivity contribution in [3.05, 3.63) is 42.4 Å². The van der Waals surface area contributed by atoms with Crippen LogP contribution in [0.3, 0.4) is 0 Å². The molecule has 174 valence electrons. The number of aromatic amines is 1. The Morgan fingerprint density at radius 1 is 1.36 bits per heavy atom. The summed E-state index contributed by atoms with van der Waals surface area (Å²) >= 11 is 0. The Kier molecular flexibility index (Phi) is 6.59. The molecule has 0 radical (unpaired) electrons. The van der Waals surface area contributed by atoms with Gasteiger partial charge in [0.2, 0.25) is 0 Å². The number of hydrogen-bond acceptors (Lipinski definition) is 7. The lowest BCUT2D eigenvalue weighted by Gasteiger charge is -2.35. The van der Waals surface area contributed by atoms with Crippen molar-refractivity contribution >= 4 is 28.5 Å². The second-order valence-electron chi connectivity index (χ2n) is 7.61. The fraction of sp³-hybridized carbons (Fsp3) is 0.364. The number of piperazine rings is 1. The minimum Gasteiger partial charge on any atom is -0.391 e. The molecule has 3 N–H and O–H groups in total. The lowest BCUT2D eigenvalue weighted by Crippen LogP contribution is -2.57. The van der Waals surface area contributed by atoms with Crippen molar-refractivity contribution in [3.63, 3.8) is 0 Å². The van der Waals surface area contributed by atoms with E-state index in [4.69, 9.17) is 0 Å². The molecule has 1 aliphatic heterocycles. The zero-order valence-corrected chi connectivity index (χ0v) is 18.3. The first kappa shape index (κ1) is 22.7. The van der Waals surface area contributed by atoms with Crippen LogP contribution in [0.2, 0.25) is 0 Å². The van der Waals surface area contributed by atoms with Gasteiger partial charge in [0.05, 0.1) is 23.1 Å². The van der Waals surface area contributed by atoms with Gasteiger partial charge < -0.3 is 15.5 Å². The Hall–Kier alpha value is -3.47. The van der Waals surface area contributed by atoms with E-state index in [1.165, 1.54) is 0 Å². The molecule has 11 heteroatoms. The number of hydrogen-bond donors (Lipinski definition) is 3. The number of nitrogens with zero attached hydrogens (tertiary/aromatic N) is 5. The van der Waals surface area contributed by atoms with Crippen molar-refractivity contribution in [2.24, 2.45) is 4.99 Å². The molecule has 0 bridgehead atoms. The Bertz CT molecular complexity index is 1170. The van der Waals surface area contributed by atoms with E-state index >= 15 is 0 Å². The summed E-state index contributed by atoms with van der Waals surface area (Å²) in [6.07, 6.45) is 0.953. The summed E-state index contributed by atoms with van der Waals surface area (Å²) in [5.41, 5.74) is 3.43. The van der Waals surface area contributed by atoms with Gasteiger partial charge in [-0.25, -0.2) is 4.98 Å². The van der Waals surface area contributed by atoms with Gasteiger partial charge in [0.1, 0.15) is 17.6 Å². The standard InChI is InChI=1S/C22H25F3N8/c1-3-27-11-14(10-26-2)17-9-15-18(12-29-17)31-32-21(15)16-5-4-6-20(30-16)33-8-7-28-19(13-33)22(23,24)25/h4-6,9-12,19,27-28H,3,7-8,13H2,1-2H3,(H,31,32)/b14-11+,26-10-. The van der Waals surface area contributed by atoms with Crippen LogP contribution in [0.1, 0.15) is 12.6 Å². The topological polar surface area (TPSA) is 94.1 Å². The molecule has 3 aromatic heterocycles. The molecule has 0 spiro atoms. The van der Waals surface area contributed by atoms with Crippen molar-refractivity contribution in [1.82, 2.24) is 30.8 Å². The first-order chi connectivity index (χ1) is 15.9. The Labute approximate surface area is 189 Å². The molecule has 1 unspecified atom stereocenters. The SMILES string of the molecule is CCN/C=C(\C=N/C)c1cc2c(-c3cccc(N4CCNC(C(F)(F)F)C4)n3)n[nH]c2cn1. The van der Waals surface area contributed by atoms with Crippen LogP contribution < -0.4 is 15.5 Å². The van der Waals surface area contributed by atoms with Crippen LogP contribution >= 0.6 is 0 Å². The molecule has 0 amide bonds. The molecule has 1 atom stereocenters. The van der Waals surface area contributed by atoms with Gasteiger partial charge in [-0.15, -0.1) is 0 Å². The van der Waals surface area contributed by atoms with Crippen LogP contribution in [0, 0.1) is 0 Å². The largest absolute Gasteiger partial charge is 0.405 e. The number of aliphatic imine (C=N–C) groups is 1. The quantitative estimate of drug-likeness (QED) is 0.492. The predicted octanol–water partition coefficient (Wildman–Crippen LogP) is 3.01. The zero-order valence-electron chi connectivity index (χ0n) is 18.3. The van der Waals surface area contributed by atoms with Gasteiger partial charge in [-0.3, -0.25) is 15.1 Å². The van der Waals surface area contributed by atoms with Crippen LogP contribution in [-0.2, 0) is 0 Å². The van der Waals surface area contributed by atoms with E-state index in [1.807, 2.05) is 19.2 Å². The lowest BCUT2D eigenvalue weighted by molar-refractivity contribution is -0.155. The maximum atomic E-state index is 13.2. The first-order valence-corrected chi connectivity index (χ1v) is 10.6. The molecule has 8 nitrogen and oxygen atoms in total. The molecule has 1 fully saturated rings. The number of nitrogens with one attached hydrogen (secondary N) is 3. The lowest BCUT2D eigenvalue weighted by atomic mass is 10.1. The monoisotopic (exact) mass is 458 g/mol. The molecule has 1 aliphatic rings. The minimum absolute atomic E-state index is 0.190. The Morgan fingerprint density at radius 2 is 2.21 bits per heavy atom. The van der Waals surface area contributed by atoms with E-state index in [1.54, 1.807) is 42.6 Å². The molecule has 0 saturated carbocycles. The molecular formula is C22H25F3N8. The van der Waals surface area contributed by atoms with E-state index < -0.39 is 12.2 Å². The molecular weight excluding hydrogens is 433 g/mol. The van der Waals surface area contributed by atoms with E-state index in [-0.39, 0.29) is 13.1 Å². The molecule has 4 rings (SSSR count). The summed E-state index contributed by atoms with van der Waals surface area (Å²) in [4.78, 5) is 14.9. The highest BCUT2D eigenvalue weighted by molar-refractivity contribution is 6.10. The van der Waals surface area contributed by atoms with E-state index in [0.29, 0.717) is 29.4 Å². The van der Waals surface area contributed by atoms with Crippen LogP contribution in [0.25, 0.3) is 27.9 Å². The average molecular weight is 458 g/mol. The molecule has 0 aromatic carbocycles. The average Bonchev–Trinajstić information content (AvgIpc) is 3.25.